The molecule has 0 aliphatic carbocycles. The Balaban J connectivity index is 1.11. The molecule has 14 aromatic rings. The Labute approximate surface area is 360 Å². The van der Waals surface area contributed by atoms with E-state index in [0.29, 0.717) is 5.95 Å². The van der Waals surface area contributed by atoms with Crippen LogP contribution in [0.5, 0.6) is 0 Å². The summed E-state index contributed by atoms with van der Waals surface area (Å²) in [6.45, 7) is 0. The zero-order valence-corrected chi connectivity index (χ0v) is 33.8. The maximum Gasteiger partial charge on any atom is 0.235 e. The van der Waals surface area contributed by atoms with E-state index in [4.69, 9.17) is 14.4 Å². The fraction of sp³-hybridized carbons (Fsp3) is 0. The molecule has 0 spiro atoms. The lowest BCUT2D eigenvalue weighted by Crippen LogP contribution is -2.04. The third-order valence-corrected chi connectivity index (χ3v) is 13.1. The number of furan rings is 1. The summed E-state index contributed by atoms with van der Waals surface area (Å²) in [7, 11) is 0. The largest absolute Gasteiger partial charge is 0.456 e. The molecule has 0 amide bonds. The van der Waals surface area contributed by atoms with Crippen LogP contribution in [0, 0.1) is 0 Å². The van der Waals surface area contributed by atoms with Crippen LogP contribution in [-0.4, -0.2) is 19.1 Å². The number of hydrogen-bond donors (Lipinski definition) is 0. The first-order valence-corrected chi connectivity index (χ1v) is 21.4. The van der Waals surface area contributed by atoms with E-state index in [1.807, 2.05) is 12.1 Å². The van der Waals surface area contributed by atoms with Gasteiger partial charge in [0.2, 0.25) is 5.95 Å². The summed E-state index contributed by atoms with van der Waals surface area (Å²) in [5, 5.41) is 12.7. The Bertz CT molecular complexity index is 4190. The highest BCUT2D eigenvalue weighted by Crippen LogP contribution is 2.47. The molecule has 5 nitrogen and oxygen atoms in total. The van der Waals surface area contributed by atoms with Crippen molar-refractivity contribution in [3.63, 3.8) is 0 Å². The monoisotopic (exact) mass is 802 g/mol. The Hall–Kier alpha value is -8.54. The Morgan fingerprint density at radius 1 is 0.333 bits per heavy atom. The van der Waals surface area contributed by atoms with Gasteiger partial charge in [0.15, 0.2) is 0 Å². The van der Waals surface area contributed by atoms with E-state index >= 15 is 0 Å². The number of benzene rings is 10. The molecule has 0 saturated carbocycles. The van der Waals surface area contributed by atoms with Crippen molar-refractivity contribution in [2.24, 2.45) is 0 Å². The van der Waals surface area contributed by atoms with Crippen LogP contribution < -0.4 is 0 Å². The predicted octanol–water partition coefficient (Wildman–Crippen LogP) is 15.4. The van der Waals surface area contributed by atoms with Gasteiger partial charge in [0.05, 0.1) is 33.3 Å². The number of hydrogen-bond acceptors (Lipinski definition) is 3. The molecule has 0 aliphatic heterocycles. The lowest BCUT2D eigenvalue weighted by molar-refractivity contribution is 0.669. The topological polar surface area (TPSA) is 48.8 Å². The lowest BCUT2D eigenvalue weighted by Gasteiger charge is -2.13. The van der Waals surface area contributed by atoms with Gasteiger partial charge in [-0.05, 0) is 81.9 Å². The van der Waals surface area contributed by atoms with E-state index < -0.39 is 0 Å². The third kappa shape index (κ3) is 4.87. The number of fused-ring (bicyclic) bond motifs is 16. The molecular weight excluding hydrogens is 769 g/mol. The molecule has 0 unspecified atom stereocenters. The molecular formula is C58H34N4O. The molecule has 0 fully saturated rings. The van der Waals surface area contributed by atoms with Crippen molar-refractivity contribution in [2.75, 3.05) is 0 Å². The van der Waals surface area contributed by atoms with Gasteiger partial charge in [-0.2, -0.15) is 0 Å². The Kier molecular flexibility index (Phi) is 7.05. The van der Waals surface area contributed by atoms with Crippen molar-refractivity contribution in [3.05, 3.63) is 206 Å². The van der Waals surface area contributed by atoms with Crippen LogP contribution in [0.2, 0.25) is 0 Å². The summed E-state index contributed by atoms with van der Waals surface area (Å²) >= 11 is 0. The smallest absolute Gasteiger partial charge is 0.235 e. The summed E-state index contributed by atoms with van der Waals surface area (Å²) < 4.78 is 11.2. The highest BCUT2D eigenvalue weighted by Gasteiger charge is 2.26. The predicted molar refractivity (Wildman–Crippen MR) is 261 cm³/mol. The minimum atomic E-state index is 0.619. The highest BCUT2D eigenvalue weighted by molar-refractivity contribution is 6.38. The first-order valence-electron chi connectivity index (χ1n) is 21.4. The first kappa shape index (κ1) is 34.2. The summed E-state index contributed by atoms with van der Waals surface area (Å²) in [5.74, 6) is 0.619. The van der Waals surface area contributed by atoms with Gasteiger partial charge in [-0.1, -0.05) is 152 Å². The molecule has 0 atom stereocenters. The van der Waals surface area contributed by atoms with E-state index in [9.17, 15) is 0 Å². The van der Waals surface area contributed by atoms with Crippen LogP contribution >= 0.6 is 0 Å². The van der Waals surface area contributed by atoms with Crippen LogP contribution in [0.3, 0.4) is 0 Å². The van der Waals surface area contributed by atoms with Gasteiger partial charge < -0.3 is 8.98 Å². The van der Waals surface area contributed by atoms with E-state index in [0.717, 1.165) is 77.2 Å². The maximum absolute atomic E-state index is 6.42. The van der Waals surface area contributed by atoms with Crippen LogP contribution in [0.15, 0.2) is 211 Å². The average Bonchev–Trinajstić information content (AvgIpc) is 4.02. The molecule has 4 aromatic heterocycles. The zero-order chi connectivity index (χ0) is 41.2. The zero-order valence-electron chi connectivity index (χ0n) is 33.8. The lowest BCUT2D eigenvalue weighted by atomic mass is 9.95. The van der Waals surface area contributed by atoms with Crippen LogP contribution in [0.4, 0.5) is 0 Å². The second kappa shape index (κ2) is 13.0. The van der Waals surface area contributed by atoms with Crippen molar-refractivity contribution in [1.82, 2.24) is 19.1 Å². The van der Waals surface area contributed by atoms with Crippen LogP contribution in [-0.2, 0) is 0 Å². The Morgan fingerprint density at radius 2 is 0.921 bits per heavy atom. The first-order chi connectivity index (χ1) is 31.3. The van der Waals surface area contributed by atoms with Crippen molar-refractivity contribution in [1.29, 1.82) is 0 Å². The van der Waals surface area contributed by atoms with Crippen LogP contribution in [0.1, 0.15) is 0 Å². The molecule has 10 aromatic carbocycles. The van der Waals surface area contributed by atoms with Gasteiger partial charge in [0.25, 0.3) is 0 Å². The summed E-state index contributed by atoms with van der Waals surface area (Å²) in [6.07, 6.45) is 0. The molecule has 292 valence electrons. The van der Waals surface area contributed by atoms with Gasteiger partial charge >= 0.3 is 0 Å². The van der Waals surface area contributed by atoms with Gasteiger partial charge in [-0.3, -0.25) is 4.57 Å². The average molecular weight is 803 g/mol. The fourth-order valence-corrected chi connectivity index (χ4v) is 10.4. The second-order valence-electron chi connectivity index (χ2n) is 16.5. The van der Waals surface area contributed by atoms with Gasteiger partial charge in [-0.25, -0.2) is 9.97 Å². The minimum absolute atomic E-state index is 0.619. The summed E-state index contributed by atoms with van der Waals surface area (Å²) in [5.41, 5.74) is 12.4. The SMILES string of the molecule is c1ccc(-c2ccc(-n3c4ccccc4c4c5c6c7ccccc7c7ccccc7c6n(-c6nc(-c7ccc8c(c7)oc7ccccc78)c7ccccc7n6)c5ccc43)cc2)cc1. The molecule has 4 heterocycles. The van der Waals surface area contributed by atoms with E-state index in [2.05, 4.69) is 203 Å². The Morgan fingerprint density at radius 3 is 1.73 bits per heavy atom. The molecule has 5 heteroatoms. The van der Waals surface area contributed by atoms with Crippen molar-refractivity contribution >= 4 is 98.0 Å². The number of nitrogens with zero attached hydrogens (tertiary/aromatic N) is 4. The molecule has 0 radical (unpaired) electrons. The molecule has 0 saturated heterocycles. The number of rotatable bonds is 4. The summed E-state index contributed by atoms with van der Waals surface area (Å²) in [6, 6.07) is 73.6. The van der Waals surface area contributed by atoms with Gasteiger partial charge in [-0.15, -0.1) is 0 Å². The molecule has 0 bridgehead atoms. The molecule has 14 rings (SSSR count). The molecule has 63 heavy (non-hydrogen) atoms. The maximum atomic E-state index is 6.42. The van der Waals surface area contributed by atoms with Crippen molar-refractivity contribution in [3.8, 4) is 34.0 Å². The number of para-hydroxylation sites is 3. The fourth-order valence-electron chi connectivity index (χ4n) is 10.4. The summed E-state index contributed by atoms with van der Waals surface area (Å²) in [4.78, 5) is 11.0. The molecule has 0 aliphatic rings. The van der Waals surface area contributed by atoms with E-state index in [-0.39, 0.29) is 0 Å². The standard InChI is InChI=1S/C58H34N4O/c1-2-14-35(15-3-1)36-26-29-38(30-27-36)61-48-24-12-9-22-46(48)53-49(61)32-33-50-55(53)54-43-19-6-4-16-39(43)40-17-5-7-20-44(40)57(54)62(50)58-59-47-23-11-8-21-45(47)56(60-58)37-28-31-42-41-18-10-13-25-51(41)63-52(42)34-37/h1-34H. The third-order valence-electron chi connectivity index (χ3n) is 13.1. The van der Waals surface area contributed by atoms with Gasteiger partial charge in [0, 0.05) is 54.3 Å². The number of aromatic nitrogens is 4. The normalized spacial score (nSPS) is 12.1. The van der Waals surface area contributed by atoms with Gasteiger partial charge in [0.1, 0.15) is 11.2 Å². The van der Waals surface area contributed by atoms with Crippen molar-refractivity contribution in [2.45, 2.75) is 0 Å². The van der Waals surface area contributed by atoms with E-state index in [1.165, 1.54) is 48.8 Å². The highest BCUT2D eigenvalue weighted by atomic mass is 16.3. The minimum Gasteiger partial charge on any atom is -0.456 e. The second-order valence-corrected chi connectivity index (χ2v) is 16.5. The van der Waals surface area contributed by atoms with Crippen molar-refractivity contribution < 1.29 is 4.42 Å². The van der Waals surface area contributed by atoms with E-state index in [1.54, 1.807) is 0 Å². The van der Waals surface area contributed by atoms with Crippen LogP contribution in [0.25, 0.3) is 132 Å². The molecule has 0 N–H and O–H groups in total. The quantitative estimate of drug-likeness (QED) is 0.167.